The molecule has 0 saturated carbocycles. The molecule has 0 radical (unpaired) electrons. The molecule has 2 N–H and O–H groups in total. The molecule has 80 valence electrons. The molecule has 0 aromatic heterocycles. The van der Waals surface area contributed by atoms with Gasteiger partial charge in [-0.3, -0.25) is 14.9 Å². The van der Waals surface area contributed by atoms with Crippen molar-refractivity contribution < 1.29 is 14.8 Å². The second-order valence-corrected chi connectivity index (χ2v) is 3.04. The van der Waals surface area contributed by atoms with Crippen molar-refractivity contribution in [2.45, 2.75) is 0 Å². The van der Waals surface area contributed by atoms with E-state index in [4.69, 9.17) is 16.7 Å². The lowest BCUT2D eigenvalue weighted by molar-refractivity contribution is -0.384. The number of anilines is 1. The Labute approximate surface area is 89.6 Å². The Morgan fingerprint density at radius 2 is 2.27 bits per heavy atom. The van der Waals surface area contributed by atoms with E-state index in [2.05, 4.69) is 5.32 Å². The number of benzene rings is 1. The maximum atomic E-state index is 10.8. The lowest BCUT2D eigenvalue weighted by atomic mass is 10.3. The first-order chi connectivity index (χ1) is 7.04. The molecule has 0 atom stereocenters. The Bertz CT molecular complexity index is 408. The molecule has 0 aliphatic heterocycles. The Morgan fingerprint density at radius 1 is 1.60 bits per heavy atom. The van der Waals surface area contributed by atoms with E-state index in [0.29, 0.717) is 0 Å². The molecule has 0 saturated heterocycles. The number of hydrogen-bond donors (Lipinski definition) is 2. The van der Waals surface area contributed by atoms with Crippen LogP contribution in [0.3, 0.4) is 0 Å². The summed E-state index contributed by atoms with van der Waals surface area (Å²) in [5, 5.41) is 21.2. The normalized spacial score (nSPS) is 9.73. The van der Waals surface area contributed by atoms with Crippen molar-refractivity contribution in [1.82, 2.24) is 0 Å². The Morgan fingerprint density at radius 3 is 2.80 bits per heavy atom. The van der Waals surface area contributed by atoms with Gasteiger partial charge < -0.3 is 10.4 Å². The number of nitro groups is 1. The molecule has 6 nitrogen and oxygen atoms in total. The van der Waals surface area contributed by atoms with Gasteiger partial charge in [0, 0.05) is 11.8 Å². The van der Waals surface area contributed by atoms with Crippen molar-refractivity contribution in [2.24, 2.45) is 0 Å². The molecule has 7 heteroatoms. The molecule has 0 unspecified atom stereocenters. The highest BCUT2D eigenvalue weighted by Gasteiger charge is 2.13. The van der Waals surface area contributed by atoms with Crippen LogP contribution in [0, 0.1) is 10.1 Å². The van der Waals surface area contributed by atoms with E-state index >= 15 is 0 Å². The summed E-state index contributed by atoms with van der Waals surface area (Å²) in [7, 11) is 0. The summed E-state index contributed by atoms with van der Waals surface area (Å²) in [6, 6.07) is 3.82. The molecule has 15 heavy (non-hydrogen) atoms. The molecular formula is C8H7ClN2O4. The highest BCUT2D eigenvalue weighted by atomic mass is 35.5. The van der Waals surface area contributed by atoms with Crippen molar-refractivity contribution in [2.75, 3.05) is 11.9 Å². The fraction of sp³-hybridized carbons (Fsp3) is 0.125. The minimum atomic E-state index is -0.684. The first-order valence-corrected chi connectivity index (χ1v) is 4.27. The molecule has 0 bridgehead atoms. The van der Waals surface area contributed by atoms with Gasteiger partial charge in [-0.2, -0.15) is 0 Å². The van der Waals surface area contributed by atoms with E-state index in [-0.39, 0.29) is 16.4 Å². The second kappa shape index (κ2) is 4.72. The van der Waals surface area contributed by atoms with Gasteiger partial charge >= 0.3 is 0 Å². The maximum Gasteiger partial charge on any atom is 0.289 e. The smallest absolute Gasteiger partial charge is 0.289 e. The van der Waals surface area contributed by atoms with E-state index in [9.17, 15) is 14.9 Å². The highest BCUT2D eigenvalue weighted by molar-refractivity contribution is 6.32. The van der Waals surface area contributed by atoms with Gasteiger partial charge in [0.05, 0.1) is 4.92 Å². The summed E-state index contributed by atoms with van der Waals surface area (Å²) in [5.41, 5.74) is -0.0856. The predicted octanol–water partition coefficient (Wildman–Crippen LogP) is 1.18. The first-order valence-electron chi connectivity index (χ1n) is 3.89. The van der Waals surface area contributed by atoms with E-state index in [1.807, 2.05) is 0 Å². The average Bonchev–Trinajstić information content (AvgIpc) is 2.20. The summed E-state index contributed by atoms with van der Waals surface area (Å²) >= 11 is 5.56. The van der Waals surface area contributed by atoms with Crippen LogP contribution in [0.1, 0.15) is 0 Å². The molecule has 0 spiro atoms. The van der Waals surface area contributed by atoms with Crippen LogP contribution in [-0.4, -0.2) is 22.5 Å². The van der Waals surface area contributed by atoms with Gasteiger partial charge in [-0.1, -0.05) is 11.6 Å². The number of nitrogens with zero attached hydrogens (tertiary/aromatic N) is 1. The second-order valence-electron chi connectivity index (χ2n) is 2.63. The molecule has 0 heterocycles. The Hall–Kier alpha value is -1.66. The molecule has 1 rings (SSSR count). The Kier molecular flexibility index (Phi) is 3.59. The van der Waals surface area contributed by atoms with Crippen LogP contribution in [0.5, 0.6) is 0 Å². The largest absolute Gasteiger partial charge is 0.387 e. The minimum Gasteiger partial charge on any atom is -0.387 e. The van der Waals surface area contributed by atoms with Crippen LogP contribution in [0.15, 0.2) is 18.2 Å². The number of rotatable bonds is 3. The summed E-state index contributed by atoms with van der Waals surface area (Å²) < 4.78 is 0. The van der Waals surface area contributed by atoms with Gasteiger partial charge in [0.1, 0.15) is 11.6 Å². The summed E-state index contributed by atoms with van der Waals surface area (Å²) in [6.07, 6.45) is 0. The fourth-order valence-corrected chi connectivity index (χ4v) is 1.12. The lowest BCUT2D eigenvalue weighted by Gasteiger charge is -2.03. The first kappa shape index (κ1) is 11.4. The Balaban J connectivity index is 2.97. The zero-order chi connectivity index (χ0) is 11.4. The molecule has 1 aromatic rings. The number of halogens is 1. The third kappa shape index (κ3) is 2.90. The van der Waals surface area contributed by atoms with Crippen LogP contribution in [0.4, 0.5) is 11.4 Å². The van der Waals surface area contributed by atoms with Gasteiger partial charge in [0.25, 0.3) is 5.69 Å². The zero-order valence-electron chi connectivity index (χ0n) is 7.44. The van der Waals surface area contributed by atoms with Crippen molar-refractivity contribution in [3.05, 3.63) is 33.3 Å². The molecule has 0 fully saturated rings. The topological polar surface area (TPSA) is 92.5 Å². The molecule has 0 aliphatic carbocycles. The van der Waals surface area contributed by atoms with Crippen LogP contribution >= 0.6 is 11.6 Å². The van der Waals surface area contributed by atoms with Gasteiger partial charge in [0.15, 0.2) is 0 Å². The molecule has 0 aliphatic rings. The average molecular weight is 231 g/mol. The van der Waals surface area contributed by atoms with Crippen molar-refractivity contribution in [1.29, 1.82) is 0 Å². The van der Waals surface area contributed by atoms with Crippen LogP contribution < -0.4 is 5.32 Å². The van der Waals surface area contributed by atoms with E-state index in [1.54, 1.807) is 0 Å². The standard InChI is InChI=1S/C8H7ClN2O4/c9-6-2-1-5(10-8(13)4-12)3-7(6)11(14)15/h1-3,12H,4H2,(H,10,13). The number of carbonyl (C=O) groups is 1. The van der Waals surface area contributed by atoms with Gasteiger partial charge in [-0.05, 0) is 12.1 Å². The highest BCUT2D eigenvalue weighted by Crippen LogP contribution is 2.27. The van der Waals surface area contributed by atoms with E-state index in [0.717, 1.165) is 6.07 Å². The van der Waals surface area contributed by atoms with Crippen LogP contribution in [-0.2, 0) is 4.79 Å². The number of nitrogens with one attached hydrogen (secondary N) is 1. The number of carbonyl (C=O) groups excluding carboxylic acids is 1. The van der Waals surface area contributed by atoms with Gasteiger partial charge in [-0.15, -0.1) is 0 Å². The van der Waals surface area contributed by atoms with E-state index < -0.39 is 17.4 Å². The monoisotopic (exact) mass is 230 g/mol. The van der Waals surface area contributed by atoms with Crippen molar-refractivity contribution in [3.8, 4) is 0 Å². The summed E-state index contributed by atoms with van der Waals surface area (Å²) in [6.45, 7) is -0.684. The summed E-state index contributed by atoms with van der Waals surface area (Å²) in [5.74, 6) is -0.647. The van der Waals surface area contributed by atoms with Crippen LogP contribution in [0.25, 0.3) is 0 Å². The number of aliphatic hydroxyl groups excluding tert-OH is 1. The molecule has 1 amide bonds. The van der Waals surface area contributed by atoms with E-state index in [1.165, 1.54) is 12.1 Å². The quantitative estimate of drug-likeness (QED) is 0.602. The third-order valence-electron chi connectivity index (χ3n) is 1.57. The molecular weight excluding hydrogens is 224 g/mol. The maximum absolute atomic E-state index is 10.8. The van der Waals surface area contributed by atoms with Crippen molar-refractivity contribution >= 4 is 28.9 Å². The summed E-state index contributed by atoms with van der Waals surface area (Å²) in [4.78, 5) is 20.6. The SMILES string of the molecule is O=C(CO)Nc1ccc(Cl)c([N+](=O)[O-])c1. The van der Waals surface area contributed by atoms with Crippen LogP contribution in [0.2, 0.25) is 5.02 Å². The fourth-order valence-electron chi connectivity index (χ4n) is 0.931. The third-order valence-corrected chi connectivity index (χ3v) is 1.89. The van der Waals surface area contributed by atoms with Crippen molar-refractivity contribution in [3.63, 3.8) is 0 Å². The number of aliphatic hydroxyl groups is 1. The minimum absolute atomic E-state index is 0.0120. The number of hydrogen-bond acceptors (Lipinski definition) is 4. The zero-order valence-corrected chi connectivity index (χ0v) is 8.19. The lowest BCUT2D eigenvalue weighted by Crippen LogP contribution is -2.15. The predicted molar refractivity (Wildman–Crippen MR) is 53.8 cm³/mol. The number of amides is 1. The molecule has 1 aromatic carbocycles. The number of nitro benzene ring substituents is 1. The van der Waals surface area contributed by atoms with Gasteiger partial charge in [-0.25, -0.2) is 0 Å². The van der Waals surface area contributed by atoms with Gasteiger partial charge in [0.2, 0.25) is 5.91 Å².